The molecule has 0 radical (unpaired) electrons. The van der Waals surface area contributed by atoms with E-state index in [-0.39, 0.29) is 0 Å². The summed E-state index contributed by atoms with van der Waals surface area (Å²) in [5.74, 6) is 0. The van der Waals surface area contributed by atoms with Gasteiger partial charge in [0, 0.05) is 0 Å². The van der Waals surface area contributed by atoms with E-state index in [0.717, 1.165) is 0 Å². The second-order valence-corrected chi connectivity index (χ2v) is 2.95. The molecule has 0 rings (SSSR count). The van der Waals surface area contributed by atoms with Gasteiger partial charge in [0.15, 0.2) is 0 Å². The molecule has 0 bridgehead atoms. The fraction of sp³-hybridized carbons (Fsp3) is 0.600. The summed E-state index contributed by atoms with van der Waals surface area (Å²) < 4.78 is 0. The Bertz CT molecular complexity index is 129. The van der Waals surface area contributed by atoms with E-state index in [2.05, 4.69) is 33.4 Å². The average molecular weight is 138 g/mol. The number of hydrogen-bond acceptors (Lipinski definition) is 0. The van der Waals surface area contributed by atoms with Gasteiger partial charge in [-0.25, -0.2) is 0 Å². The Morgan fingerprint density at radius 3 is 2.30 bits per heavy atom. The first-order chi connectivity index (χ1) is 4.66. The van der Waals surface area contributed by atoms with Crippen molar-refractivity contribution in [3.63, 3.8) is 0 Å². The van der Waals surface area contributed by atoms with Gasteiger partial charge in [-0.15, -0.1) is 6.58 Å². The maximum absolute atomic E-state index is 3.86. The summed E-state index contributed by atoms with van der Waals surface area (Å²) in [5.41, 5.74) is 2.78. The van der Waals surface area contributed by atoms with E-state index in [1.807, 2.05) is 0 Å². The molecule has 0 aromatic carbocycles. The van der Waals surface area contributed by atoms with E-state index >= 15 is 0 Å². The molecule has 0 heteroatoms. The monoisotopic (exact) mass is 138 g/mol. The SMILES string of the molecule is C=C(C)CCC/C(C)=C\C. The Balaban J connectivity index is 3.29. The molecule has 0 aliphatic heterocycles. The molecular weight excluding hydrogens is 120 g/mol. The third-order valence-corrected chi connectivity index (χ3v) is 1.67. The van der Waals surface area contributed by atoms with E-state index in [9.17, 15) is 0 Å². The van der Waals surface area contributed by atoms with Gasteiger partial charge >= 0.3 is 0 Å². The van der Waals surface area contributed by atoms with Gasteiger partial charge in [0.1, 0.15) is 0 Å². The minimum Gasteiger partial charge on any atom is -0.100 e. The summed E-state index contributed by atoms with van der Waals surface area (Å²) in [5, 5.41) is 0. The molecule has 0 nitrogen and oxygen atoms in total. The Labute approximate surface area is 64.6 Å². The van der Waals surface area contributed by atoms with Gasteiger partial charge in [-0.3, -0.25) is 0 Å². The highest BCUT2D eigenvalue weighted by molar-refractivity contribution is 4.97. The van der Waals surface area contributed by atoms with Crippen molar-refractivity contribution in [3.8, 4) is 0 Å². The Morgan fingerprint density at radius 1 is 1.30 bits per heavy atom. The van der Waals surface area contributed by atoms with Crippen LogP contribution in [0.25, 0.3) is 0 Å². The number of rotatable bonds is 4. The minimum atomic E-state index is 1.17. The maximum Gasteiger partial charge on any atom is -0.0320 e. The van der Waals surface area contributed by atoms with Crippen LogP contribution in [-0.2, 0) is 0 Å². The zero-order valence-corrected chi connectivity index (χ0v) is 7.41. The summed E-state index contributed by atoms with van der Waals surface area (Å²) in [4.78, 5) is 0. The third-order valence-electron chi connectivity index (χ3n) is 1.67. The first kappa shape index (κ1) is 9.48. The average Bonchev–Trinajstić information content (AvgIpc) is 1.87. The van der Waals surface area contributed by atoms with E-state index in [4.69, 9.17) is 0 Å². The van der Waals surface area contributed by atoms with Gasteiger partial charge in [-0.2, -0.15) is 0 Å². The second kappa shape index (κ2) is 5.28. The predicted octanol–water partition coefficient (Wildman–Crippen LogP) is 3.70. The van der Waals surface area contributed by atoms with Crippen LogP contribution in [-0.4, -0.2) is 0 Å². The van der Waals surface area contributed by atoms with Crippen molar-refractivity contribution in [2.24, 2.45) is 0 Å². The Kier molecular flexibility index (Phi) is 5.00. The molecule has 0 spiro atoms. The van der Waals surface area contributed by atoms with Crippen molar-refractivity contribution in [1.82, 2.24) is 0 Å². The molecule has 0 N–H and O–H groups in total. The smallest absolute Gasteiger partial charge is 0.0320 e. The highest BCUT2D eigenvalue weighted by Crippen LogP contribution is 2.09. The van der Waals surface area contributed by atoms with Crippen LogP contribution in [0.5, 0.6) is 0 Å². The van der Waals surface area contributed by atoms with E-state index < -0.39 is 0 Å². The number of hydrogen-bond donors (Lipinski definition) is 0. The van der Waals surface area contributed by atoms with E-state index in [1.165, 1.54) is 30.4 Å². The minimum absolute atomic E-state index is 1.17. The quantitative estimate of drug-likeness (QED) is 0.520. The summed E-state index contributed by atoms with van der Waals surface area (Å²) in [6.07, 6.45) is 5.83. The summed E-state index contributed by atoms with van der Waals surface area (Å²) in [7, 11) is 0. The third kappa shape index (κ3) is 5.61. The van der Waals surface area contributed by atoms with Gasteiger partial charge in [0.05, 0.1) is 0 Å². The van der Waals surface area contributed by atoms with Crippen LogP contribution in [0.3, 0.4) is 0 Å². The highest BCUT2D eigenvalue weighted by atomic mass is 14.0. The first-order valence-corrected chi connectivity index (χ1v) is 3.93. The van der Waals surface area contributed by atoms with Gasteiger partial charge in [-0.05, 0) is 40.0 Å². The van der Waals surface area contributed by atoms with Crippen molar-refractivity contribution in [3.05, 3.63) is 23.8 Å². The van der Waals surface area contributed by atoms with Gasteiger partial charge in [0.2, 0.25) is 0 Å². The Morgan fingerprint density at radius 2 is 1.90 bits per heavy atom. The topological polar surface area (TPSA) is 0 Å². The van der Waals surface area contributed by atoms with Crippen molar-refractivity contribution < 1.29 is 0 Å². The van der Waals surface area contributed by atoms with Gasteiger partial charge < -0.3 is 0 Å². The molecular formula is C10H18. The van der Waals surface area contributed by atoms with Crippen molar-refractivity contribution >= 4 is 0 Å². The lowest BCUT2D eigenvalue weighted by molar-refractivity contribution is 0.804. The molecule has 0 amide bonds. The molecule has 0 saturated heterocycles. The fourth-order valence-electron chi connectivity index (χ4n) is 0.813. The molecule has 0 aromatic rings. The number of allylic oxidation sites excluding steroid dienone is 3. The maximum atomic E-state index is 3.86. The lowest BCUT2D eigenvalue weighted by atomic mass is 10.1. The molecule has 0 aromatic heterocycles. The zero-order valence-electron chi connectivity index (χ0n) is 7.41. The molecule has 58 valence electrons. The van der Waals surface area contributed by atoms with Crippen LogP contribution < -0.4 is 0 Å². The standard InChI is InChI=1S/C10H18/c1-5-10(4)8-6-7-9(2)3/h5H,2,6-8H2,1,3-4H3/b10-5-. The van der Waals surface area contributed by atoms with Crippen LogP contribution in [0.2, 0.25) is 0 Å². The Hall–Kier alpha value is -0.520. The summed E-state index contributed by atoms with van der Waals surface area (Å²) >= 11 is 0. The van der Waals surface area contributed by atoms with Gasteiger partial charge in [-0.1, -0.05) is 17.2 Å². The first-order valence-electron chi connectivity index (χ1n) is 3.93. The van der Waals surface area contributed by atoms with E-state index in [0.29, 0.717) is 0 Å². The van der Waals surface area contributed by atoms with Crippen LogP contribution >= 0.6 is 0 Å². The molecule has 10 heavy (non-hydrogen) atoms. The predicted molar refractivity (Wildman–Crippen MR) is 48.1 cm³/mol. The lowest BCUT2D eigenvalue weighted by Gasteiger charge is -1.99. The highest BCUT2D eigenvalue weighted by Gasteiger charge is 1.89. The van der Waals surface area contributed by atoms with Crippen molar-refractivity contribution in [2.75, 3.05) is 0 Å². The van der Waals surface area contributed by atoms with E-state index in [1.54, 1.807) is 0 Å². The molecule has 0 saturated carbocycles. The second-order valence-electron chi connectivity index (χ2n) is 2.95. The molecule has 0 unspecified atom stereocenters. The van der Waals surface area contributed by atoms with Crippen LogP contribution in [0.1, 0.15) is 40.0 Å². The largest absolute Gasteiger partial charge is 0.100 e. The van der Waals surface area contributed by atoms with Gasteiger partial charge in [0.25, 0.3) is 0 Å². The molecule has 0 fully saturated rings. The molecule has 0 aliphatic carbocycles. The normalized spacial score (nSPS) is 11.7. The zero-order chi connectivity index (χ0) is 7.98. The molecule has 0 heterocycles. The molecule has 0 atom stereocenters. The van der Waals surface area contributed by atoms with Crippen molar-refractivity contribution in [2.45, 2.75) is 40.0 Å². The lowest BCUT2D eigenvalue weighted by Crippen LogP contribution is -1.79. The summed E-state index contributed by atoms with van der Waals surface area (Å²) in [6, 6.07) is 0. The molecule has 0 aliphatic rings. The summed E-state index contributed by atoms with van der Waals surface area (Å²) in [6.45, 7) is 10.2. The van der Waals surface area contributed by atoms with Crippen molar-refractivity contribution in [1.29, 1.82) is 0 Å². The van der Waals surface area contributed by atoms with Crippen LogP contribution in [0.4, 0.5) is 0 Å². The fourth-order valence-corrected chi connectivity index (χ4v) is 0.813. The van der Waals surface area contributed by atoms with Crippen LogP contribution in [0.15, 0.2) is 23.8 Å². The van der Waals surface area contributed by atoms with Crippen LogP contribution in [0, 0.1) is 0 Å².